The molecule has 1 aliphatic heterocycles. The first-order chi connectivity index (χ1) is 15.9. The van der Waals surface area contributed by atoms with Crippen molar-refractivity contribution in [3.05, 3.63) is 60.0 Å². The minimum Gasteiger partial charge on any atom is -0.463 e. The summed E-state index contributed by atoms with van der Waals surface area (Å²) in [6.07, 6.45) is 2.83. The van der Waals surface area contributed by atoms with Crippen molar-refractivity contribution in [2.45, 2.75) is 26.2 Å². The van der Waals surface area contributed by atoms with Crippen LogP contribution >= 0.6 is 0 Å². The van der Waals surface area contributed by atoms with Crippen molar-refractivity contribution in [1.29, 1.82) is 0 Å². The fraction of sp³-hybridized carbons (Fsp3) is 0.208. The molecular formula is C24H21N5O4. The van der Waals surface area contributed by atoms with Gasteiger partial charge >= 0.3 is 0 Å². The van der Waals surface area contributed by atoms with Gasteiger partial charge in [-0.15, -0.1) is 0 Å². The van der Waals surface area contributed by atoms with E-state index in [0.717, 1.165) is 0 Å². The Labute approximate surface area is 189 Å². The molecule has 4 heterocycles. The van der Waals surface area contributed by atoms with Crippen molar-refractivity contribution in [1.82, 2.24) is 14.8 Å². The fourth-order valence-electron chi connectivity index (χ4n) is 4.11. The molecule has 0 radical (unpaired) electrons. The second-order valence-corrected chi connectivity index (χ2v) is 7.92. The fourth-order valence-corrected chi connectivity index (χ4v) is 4.11. The number of anilines is 2. The predicted octanol–water partition coefficient (Wildman–Crippen LogP) is 3.83. The van der Waals surface area contributed by atoms with Crippen molar-refractivity contribution in [3.63, 3.8) is 0 Å². The van der Waals surface area contributed by atoms with E-state index in [-0.39, 0.29) is 17.7 Å². The van der Waals surface area contributed by atoms with Crippen LogP contribution in [0.2, 0.25) is 0 Å². The van der Waals surface area contributed by atoms with Crippen LogP contribution in [0.5, 0.6) is 0 Å². The molecule has 3 aromatic heterocycles. The van der Waals surface area contributed by atoms with Gasteiger partial charge in [-0.3, -0.25) is 24.0 Å². The zero-order chi connectivity index (χ0) is 23.1. The van der Waals surface area contributed by atoms with Gasteiger partial charge in [0.15, 0.2) is 11.4 Å². The number of rotatable bonds is 4. The van der Waals surface area contributed by atoms with Crippen molar-refractivity contribution < 1.29 is 18.8 Å². The number of nitrogens with zero attached hydrogens (tertiary/aromatic N) is 4. The molecule has 0 bridgehead atoms. The van der Waals surface area contributed by atoms with Crippen molar-refractivity contribution in [2.24, 2.45) is 7.05 Å². The van der Waals surface area contributed by atoms with Crippen LogP contribution in [0.3, 0.4) is 0 Å². The van der Waals surface area contributed by atoms with Gasteiger partial charge < -0.3 is 9.73 Å². The Morgan fingerprint density at radius 3 is 2.48 bits per heavy atom. The number of nitrogens with one attached hydrogen (secondary N) is 1. The summed E-state index contributed by atoms with van der Waals surface area (Å²) in [5.41, 5.74) is 3.24. The summed E-state index contributed by atoms with van der Waals surface area (Å²) >= 11 is 0. The van der Waals surface area contributed by atoms with Crippen LogP contribution in [-0.4, -0.2) is 32.5 Å². The molecule has 5 rings (SSSR count). The van der Waals surface area contributed by atoms with Gasteiger partial charge in [-0.2, -0.15) is 5.10 Å². The summed E-state index contributed by atoms with van der Waals surface area (Å²) in [7, 11) is 1.78. The SMILES string of the molecule is Cc1nn(C)c2nc(-c3ccco3)cc(C(=O)Nc3ccc(N4C(=O)CCCC4=O)cc3)c12. The Hall–Kier alpha value is -4.27. The van der Waals surface area contributed by atoms with Gasteiger partial charge in [0.25, 0.3) is 5.91 Å². The van der Waals surface area contributed by atoms with Crippen LogP contribution in [0.25, 0.3) is 22.5 Å². The van der Waals surface area contributed by atoms with Gasteiger partial charge in [-0.1, -0.05) is 0 Å². The van der Waals surface area contributed by atoms with Crippen molar-refractivity contribution >= 4 is 40.1 Å². The molecule has 0 spiro atoms. The zero-order valence-electron chi connectivity index (χ0n) is 18.2. The quantitative estimate of drug-likeness (QED) is 0.480. The van der Waals surface area contributed by atoms with Gasteiger partial charge in [0.2, 0.25) is 11.8 Å². The van der Waals surface area contributed by atoms with Crippen LogP contribution in [0.1, 0.15) is 35.3 Å². The number of hydrogen-bond acceptors (Lipinski definition) is 6. The zero-order valence-corrected chi connectivity index (χ0v) is 18.2. The number of imide groups is 1. The average molecular weight is 443 g/mol. The van der Waals surface area contributed by atoms with E-state index in [0.29, 0.717) is 64.4 Å². The highest BCUT2D eigenvalue weighted by Crippen LogP contribution is 2.28. The second-order valence-electron chi connectivity index (χ2n) is 7.92. The summed E-state index contributed by atoms with van der Waals surface area (Å²) in [5, 5.41) is 7.96. The summed E-state index contributed by atoms with van der Waals surface area (Å²) in [6, 6.07) is 11.9. The highest BCUT2D eigenvalue weighted by molar-refractivity contribution is 6.16. The number of fused-ring (bicyclic) bond motifs is 1. The van der Waals surface area contributed by atoms with Crippen molar-refractivity contribution in [2.75, 3.05) is 10.2 Å². The highest BCUT2D eigenvalue weighted by Gasteiger charge is 2.27. The van der Waals surface area contributed by atoms with E-state index in [1.807, 2.05) is 6.92 Å². The third-order valence-corrected chi connectivity index (χ3v) is 5.65. The maximum atomic E-state index is 13.3. The monoisotopic (exact) mass is 443 g/mol. The molecule has 166 valence electrons. The lowest BCUT2D eigenvalue weighted by Gasteiger charge is -2.25. The summed E-state index contributed by atoms with van der Waals surface area (Å²) in [4.78, 5) is 43.4. The van der Waals surface area contributed by atoms with Crippen LogP contribution in [0.15, 0.2) is 53.1 Å². The normalized spacial score (nSPS) is 14.2. The van der Waals surface area contributed by atoms with Crippen LogP contribution in [0, 0.1) is 6.92 Å². The number of carbonyl (C=O) groups excluding carboxylic acids is 3. The van der Waals surface area contributed by atoms with Crippen molar-refractivity contribution in [3.8, 4) is 11.5 Å². The number of aromatic nitrogens is 3. The molecule has 0 unspecified atom stereocenters. The molecule has 0 aliphatic carbocycles. The molecule has 4 aromatic rings. The van der Waals surface area contributed by atoms with Crippen LogP contribution < -0.4 is 10.2 Å². The molecule has 1 aromatic carbocycles. The van der Waals surface area contributed by atoms with Crippen LogP contribution in [-0.2, 0) is 16.6 Å². The molecule has 1 saturated heterocycles. The Balaban J connectivity index is 1.47. The molecule has 1 N–H and O–H groups in total. The number of amides is 3. The van der Waals surface area contributed by atoms with Crippen LogP contribution in [0.4, 0.5) is 11.4 Å². The number of carbonyl (C=O) groups is 3. The number of benzene rings is 1. The maximum absolute atomic E-state index is 13.3. The van der Waals surface area contributed by atoms with E-state index in [1.54, 1.807) is 60.5 Å². The lowest BCUT2D eigenvalue weighted by atomic mass is 10.1. The summed E-state index contributed by atoms with van der Waals surface area (Å²) < 4.78 is 7.11. The van der Waals surface area contributed by atoms with E-state index >= 15 is 0 Å². The van der Waals surface area contributed by atoms with E-state index < -0.39 is 0 Å². The van der Waals surface area contributed by atoms with E-state index in [1.165, 1.54) is 4.90 Å². The first-order valence-corrected chi connectivity index (χ1v) is 10.6. The van der Waals surface area contributed by atoms with Gasteiger partial charge in [0, 0.05) is 25.6 Å². The lowest BCUT2D eigenvalue weighted by Crippen LogP contribution is -2.40. The number of pyridine rings is 1. The molecule has 9 heteroatoms. The third kappa shape index (κ3) is 3.67. The third-order valence-electron chi connectivity index (χ3n) is 5.65. The van der Waals surface area contributed by atoms with E-state index in [2.05, 4.69) is 15.4 Å². The molecule has 1 aliphatic rings. The maximum Gasteiger partial charge on any atom is 0.256 e. The van der Waals surface area contributed by atoms with Gasteiger partial charge in [0.05, 0.1) is 28.6 Å². The number of furan rings is 1. The first-order valence-electron chi connectivity index (χ1n) is 10.6. The van der Waals surface area contributed by atoms with Gasteiger partial charge in [-0.25, -0.2) is 4.98 Å². The molecule has 1 fully saturated rings. The van der Waals surface area contributed by atoms with Gasteiger partial charge in [-0.05, 0) is 55.8 Å². The Kier molecular flexibility index (Phi) is 5.01. The van der Waals surface area contributed by atoms with E-state index in [9.17, 15) is 14.4 Å². The standard InChI is InChI=1S/C24H21N5O4/c1-14-22-17(13-18(19-5-4-12-33-19)26-23(22)28(2)27-14)24(32)25-15-8-10-16(11-9-15)29-20(30)6-3-7-21(29)31/h4-5,8-13H,3,6-7H2,1-2H3,(H,25,32). The summed E-state index contributed by atoms with van der Waals surface area (Å²) in [6.45, 7) is 1.83. The molecule has 0 saturated carbocycles. The average Bonchev–Trinajstić information content (AvgIpc) is 3.43. The number of aryl methyl sites for hydroxylation is 2. The topological polar surface area (TPSA) is 110 Å². The number of piperidine rings is 1. The second kappa shape index (κ2) is 8.01. The smallest absolute Gasteiger partial charge is 0.256 e. The minimum absolute atomic E-state index is 0.209. The lowest BCUT2D eigenvalue weighted by molar-refractivity contribution is -0.129. The van der Waals surface area contributed by atoms with E-state index in [4.69, 9.17) is 4.42 Å². The molecule has 9 nitrogen and oxygen atoms in total. The molecule has 0 atom stereocenters. The predicted molar refractivity (Wildman–Crippen MR) is 122 cm³/mol. The first kappa shape index (κ1) is 20.6. The Morgan fingerprint density at radius 1 is 1.09 bits per heavy atom. The summed E-state index contributed by atoms with van der Waals surface area (Å²) in [5.74, 6) is -0.200. The molecule has 3 amide bonds. The Bertz CT molecular complexity index is 1370. The Morgan fingerprint density at radius 2 is 1.82 bits per heavy atom. The number of hydrogen-bond donors (Lipinski definition) is 1. The molecule has 33 heavy (non-hydrogen) atoms. The molecular weight excluding hydrogens is 422 g/mol. The highest BCUT2D eigenvalue weighted by atomic mass is 16.3. The largest absolute Gasteiger partial charge is 0.463 e. The van der Waals surface area contributed by atoms with Gasteiger partial charge in [0.1, 0.15) is 5.69 Å². The minimum atomic E-state index is -0.329.